The maximum atomic E-state index is 11.1. The Morgan fingerprint density at radius 2 is 1.21 bits per heavy atom. The topological polar surface area (TPSA) is 74.6 Å². The summed E-state index contributed by atoms with van der Waals surface area (Å²) < 4.78 is 0. The standard InChI is InChI=1S/C10H16O4/c1-9(7(11)12)5-3-4-6-10(9,2)8(13)14/h3-6H2,1-2H3,(H,11,12)(H,13,14). The molecule has 0 amide bonds. The minimum Gasteiger partial charge on any atom is -0.481 e. The van der Waals surface area contributed by atoms with Crippen molar-refractivity contribution < 1.29 is 19.8 Å². The largest absolute Gasteiger partial charge is 0.481 e. The molecule has 1 rings (SSSR count). The molecule has 4 nitrogen and oxygen atoms in total. The second-order valence-electron chi connectivity index (χ2n) is 4.48. The minimum atomic E-state index is -1.13. The van der Waals surface area contributed by atoms with Gasteiger partial charge in [0.15, 0.2) is 0 Å². The summed E-state index contributed by atoms with van der Waals surface area (Å²) in [4.78, 5) is 22.3. The van der Waals surface area contributed by atoms with Crippen LogP contribution in [0.2, 0.25) is 0 Å². The molecule has 0 aromatic carbocycles. The molecule has 2 N–H and O–H groups in total. The fourth-order valence-corrected chi connectivity index (χ4v) is 2.19. The van der Waals surface area contributed by atoms with Gasteiger partial charge in [-0.2, -0.15) is 0 Å². The van der Waals surface area contributed by atoms with Crippen molar-refractivity contribution >= 4 is 11.9 Å². The third kappa shape index (κ3) is 1.29. The molecule has 0 spiro atoms. The molecule has 0 bridgehead atoms. The highest BCUT2D eigenvalue weighted by Crippen LogP contribution is 2.50. The maximum Gasteiger partial charge on any atom is 0.310 e. The molecule has 2 atom stereocenters. The van der Waals surface area contributed by atoms with Gasteiger partial charge in [0.1, 0.15) is 0 Å². The van der Waals surface area contributed by atoms with Crippen molar-refractivity contribution in [3.05, 3.63) is 0 Å². The molecule has 1 fully saturated rings. The predicted molar refractivity (Wildman–Crippen MR) is 50.0 cm³/mol. The molecule has 1 aliphatic carbocycles. The van der Waals surface area contributed by atoms with Crippen LogP contribution >= 0.6 is 0 Å². The normalized spacial score (nSPS) is 37.9. The van der Waals surface area contributed by atoms with E-state index in [0.29, 0.717) is 12.8 Å². The van der Waals surface area contributed by atoms with Gasteiger partial charge in [-0.15, -0.1) is 0 Å². The van der Waals surface area contributed by atoms with Crippen molar-refractivity contribution in [1.82, 2.24) is 0 Å². The fraction of sp³-hybridized carbons (Fsp3) is 0.800. The lowest BCUT2D eigenvalue weighted by Crippen LogP contribution is -2.50. The van der Waals surface area contributed by atoms with Crippen molar-refractivity contribution in [2.24, 2.45) is 10.8 Å². The summed E-state index contributed by atoms with van der Waals surface area (Å²) >= 11 is 0. The van der Waals surface area contributed by atoms with E-state index in [1.165, 1.54) is 0 Å². The molecule has 14 heavy (non-hydrogen) atoms. The highest BCUT2D eigenvalue weighted by molar-refractivity contribution is 5.86. The van der Waals surface area contributed by atoms with Crippen LogP contribution in [0.1, 0.15) is 39.5 Å². The van der Waals surface area contributed by atoms with Gasteiger partial charge in [-0.1, -0.05) is 12.8 Å². The van der Waals surface area contributed by atoms with E-state index in [4.69, 9.17) is 10.2 Å². The van der Waals surface area contributed by atoms with Crippen LogP contribution in [0.15, 0.2) is 0 Å². The van der Waals surface area contributed by atoms with E-state index in [0.717, 1.165) is 12.8 Å². The van der Waals surface area contributed by atoms with Crippen LogP contribution in [0.5, 0.6) is 0 Å². The Hall–Kier alpha value is -1.06. The monoisotopic (exact) mass is 200 g/mol. The summed E-state index contributed by atoms with van der Waals surface area (Å²) in [6.45, 7) is 3.09. The Balaban J connectivity index is 3.12. The molecule has 1 saturated carbocycles. The molecule has 0 saturated heterocycles. The van der Waals surface area contributed by atoms with Crippen LogP contribution in [0.4, 0.5) is 0 Å². The first-order valence-corrected chi connectivity index (χ1v) is 4.81. The van der Waals surface area contributed by atoms with Crippen molar-refractivity contribution in [2.75, 3.05) is 0 Å². The Labute approximate surface area is 82.9 Å². The van der Waals surface area contributed by atoms with Crippen LogP contribution in [0.25, 0.3) is 0 Å². The van der Waals surface area contributed by atoms with Crippen LogP contribution < -0.4 is 0 Å². The third-order valence-corrected chi connectivity index (χ3v) is 3.77. The molecule has 0 aromatic rings. The van der Waals surface area contributed by atoms with Gasteiger partial charge in [-0.3, -0.25) is 9.59 Å². The Bertz CT molecular complexity index is 245. The lowest BCUT2D eigenvalue weighted by atomic mass is 9.57. The summed E-state index contributed by atoms with van der Waals surface area (Å²) in [5.74, 6) is -2.00. The molecule has 80 valence electrons. The Kier molecular flexibility index (Phi) is 2.56. The summed E-state index contributed by atoms with van der Waals surface area (Å²) in [6, 6.07) is 0. The van der Waals surface area contributed by atoms with E-state index in [1.807, 2.05) is 0 Å². The molecule has 4 heteroatoms. The molecule has 0 aliphatic heterocycles. The van der Waals surface area contributed by atoms with E-state index < -0.39 is 22.8 Å². The van der Waals surface area contributed by atoms with Crippen molar-refractivity contribution in [3.8, 4) is 0 Å². The average Bonchev–Trinajstić information content (AvgIpc) is 2.09. The second kappa shape index (κ2) is 3.26. The average molecular weight is 200 g/mol. The van der Waals surface area contributed by atoms with E-state index in [-0.39, 0.29) is 0 Å². The van der Waals surface area contributed by atoms with Crippen LogP contribution in [-0.2, 0) is 9.59 Å². The number of hydrogen-bond donors (Lipinski definition) is 2. The Morgan fingerprint density at radius 3 is 1.43 bits per heavy atom. The first-order chi connectivity index (χ1) is 6.34. The fourth-order valence-electron chi connectivity index (χ4n) is 2.19. The van der Waals surface area contributed by atoms with E-state index in [1.54, 1.807) is 13.8 Å². The van der Waals surface area contributed by atoms with Gasteiger partial charge in [0.05, 0.1) is 10.8 Å². The van der Waals surface area contributed by atoms with Crippen LogP contribution in [-0.4, -0.2) is 22.2 Å². The van der Waals surface area contributed by atoms with Gasteiger partial charge in [-0.05, 0) is 26.7 Å². The molecular formula is C10H16O4. The summed E-state index contributed by atoms with van der Waals surface area (Å²) in [5, 5.41) is 18.2. The number of hydrogen-bond acceptors (Lipinski definition) is 2. The highest BCUT2D eigenvalue weighted by Gasteiger charge is 2.56. The number of aliphatic carboxylic acids is 2. The SMILES string of the molecule is CC1(C(=O)O)CCCCC1(C)C(=O)O. The van der Waals surface area contributed by atoms with Crippen molar-refractivity contribution in [2.45, 2.75) is 39.5 Å². The van der Waals surface area contributed by atoms with Crippen LogP contribution in [0, 0.1) is 10.8 Å². The molecule has 1 aliphatic rings. The van der Waals surface area contributed by atoms with E-state index >= 15 is 0 Å². The van der Waals surface area contributed by atoms with Gasteiger partial charge < -0.3 is 10.2 Å². The maximum absolute atomic E-state index is 11.1. The van der Waals surface area contributed by atoms with Gasteiger partial charge in [0.2, 0.25) is 0 Å². The van der Waals surface area contributed by atoms with E-state index in [2.05, 4.69) is 0 Å². The zero-order chi connectivity index (χ0) is 11.0. The summed E-state index contributed by atoms with van der Waals surface area (Å²) in [6.07, 6.45) is 2.49. The number of rotatable bonds is 2. The zero-order valence-electron chi connectivity index (χ0n) is 8.54. The molecule has 0 aromatic heterocycles. The highest BCUT2D eigenvalue weighted by atomic mass is 16.4. The minimum absolute atomic E-state index is 0.450. The van der Waals surface area contributed by atoms with Gasteiger partial charge >= 0.3 is 11.9 Å². The number of carboxylic acids is 2. The summed E-state index contributed by atoms with van der Waals surface area (Å²) in [7, 11) is 0. The summed E-state index contributed by atoms with van der Waals surface area (Å²) in [5.41, 5.74) is -2.26. The van der Waals surface area contributed by atoms with Crippen molar-refractivity contribution in [1.29, 1.82) is 0 Å². The second-order valence-corrected chi connectivity index (χ2v) is 4.48. The third-order valence-electron chi connectivity index (χ3n) is 3.77. The first kappa shape index (κ1) is 11.0. The molecule has 0 heterocycles. The first-order valence-electron chi connectivity index (χ1n) is 4.81. The number of carboxylic acid groups (broad SMARTS) is 2. The molecular weight excluding hydrogens is 184 g/mol. The van der Waals surface area contributed by atoms with Crippen LogP contribution in [0.3, 0.4) is 0 Å². The zero-order valence-corrected chi connectivity index (χ0v) is 8.54. The quantitative estimate of drug-likeness (QED) is 0.712. The predicted octanol–water partition coefficient (Wildman–Crippen LogP) is 1.74. The van der Waals surface area contributed by atoms with Gasteiger partial charge in [-0.25, -0.2) is 0 Å². The number of carbonyl (C=O) groups is 2. The Morgan fingerprint density at radius 1 is 0.929 bits per heavy atom. The molecule has 0 radical (unpaired) electrons. The lowest BCUT2D eigenvalue weighted by Gasteiger charge is -2.43. The smallest absolute Gasteiger partial charge is 0.310 e. The van der Waals surface area contributed by atoms with E-state index in [9.17, 15) is 9.59 Å². The van der Waals surface area contributed by atoms with Crippen molar-refractivity contribution in [3.63, 3.8) is 0 Å². The van der Waals surface area contributed by atoms with Gasteiger partial charge in [0, 0.05) is 0 Å². The lowest BCUT2D eigenvalue weighted by molar-refractivity contribution is -0.175. The van der Waals surface area contributed by atoms with Gasteiger partial charge in [0.25, 0.3) is 0 Å². The molecule has 2 unspecified atom stereocenters.